The molecule has 1 aliphatic heterocycles. The summed E-state index contributed by atoms with van der Waals surface area (Å²) >= 11 is 1.91. The number of carbonyl (C=O) groups is 1. The lowest BCUT2D eigenvalue weighted by molar-refractivity contribution is 0.0525. The van der Waals surface area contributed by atoms with E-state index in [1.807, 2.05) is 31.7 Å². The molecule has 2 heterocycles. The van der Waals surface area contributed by atoms with Crippen molar-refractivity contribution >= 4 is 17.7 Å². The van der Waals surface area contributed by atoms with Crippen molar-refractivity contribution in [1.29, 1.82) is 0 Å². The largest absolute Gasteiger partial charge is 0.462 e. The third kappa shape index (κ3) is 5.33. The van der Waals surface area contributed by atoms with E-state index in [0.29, 0.717) is 18.0 Å². The van der Waals surface area contributed by atoms with Gasteiger partial charge in [-0.3, -0.25) is 0 Å². The molecule has 0 spiro atoms. The number of carbonyl (C=O) groups excluding carboxylic acids is 1. The van der Waals surface area contributed by atoms with Gasteiger partial charge in [0, 0.05) is 22.9 Å². The first-order valence-corrected chi connectivity index (χ1v) is 10.3. The van der Waals surface area contributed by atoms with Crippen LogP contribution in [0.5, 0.6) is 0 Å². The minimum Gasteiger partial charge on any atom is -0.462 e. The highest BCUT2D eigenvalue weighted by Gasteiger charge is 2.27. The Labute approximate surface area is 166 Å². The molecule has 0 unspecified atom stereocenters. The van der Waals surface area contributed by atoms with Gasteiger partial charge in [0.1, 0.15) is 0 Å². The van der Waals surface area contributed by atoms with Crippen LogP contribution in [0, 0.1) is 11.8 Å². The van der Waals surface area contributed by atoms with Gasteiger partial charge in [-0.2, -0.15) is 0 Å². The number of benzene rings is 1. The molecule has 27 heavy (non-hydrogen) atoms. The van der Waals surface area contributed by atoms with E-state index in [1.165, 1.54) is 29.3 Å². The van der Waals surface area contributed by atoms with Crippen LogP contribution < -0.4 is 0 Å². The monoisotopic (exact) mass is 382 g/mol. The van der Waals surface area contributed by atoms with Crippen molar-refractivity contribution in [3.63, 3.8) is 0 Å². The molecule has 142 valence electrons. The minimum absolute atomic E-state index is 0.177. The molecule has 0 atom stereocenters. The third-order valence-corrected chi connectivity index (χ3v) is 5.25. The molecular weight excluding hydrogens is 356 g/mol. The average Bonchev–Trinajstić information content (AvgIpc) is 2.68. The first-order valence-electron chi connectivity index (χ1n) is 9.28. The molecule has 2 aromatic rings. The molecule has 1 aromatic heterocycles. The lowest BCUT2D eigenvalue weighted by Crippen LogP contribution is -2.22. The smallest absolute Gasteiger partial charge is 0.341 e. The lowest BCUT2D eigenvalue weighted by Gasteiger charge is -2.32. The molecule has 0 aliphatic carbocycles. The molecule has 1 aliphatic rings. The molecule has 0 saturated carbocycles. The van der Waals surface area contributed by atoms with Gasteiger partial charge in [0.15, 0.2) is 0 Å². The number of rotatable bonds is 2. The van der Waals surface area contributed by atoms with Crippen molar-refractivity contribution in [3.8, 4) is 11.8 Å². The number of ether oxygens (including phenoxy) is 1. The predicted octanol–water partition coefficient (Wildman–Crippen LogP) is 4.85. The zero-order chi connectivity index (χ0) is 19.9. The van der Waals surface area contributed by atoms with Gasteiger partial charge in [-0.25, -0.2) is 14.8 Å². The highest BCUT2D eigenvalue weighted by Crippen LogP contribution is 2.41. The fraction of sp³-hybridized carbons (Fsp3) is 0.409. The fourth-order valence-corrected chi connectivity index (χ4v) is 4.14. The van der Waals surface area contributed by atoms with Crippen LogP contribution in [0.2, 0.25) is 0 Å². The van der Waals surface area contributed by atoms with Crippen LogP contribution in [0.3, 0.4) is 0 Å². The van der Waals surface area contributed by atoms with E-state index in [0.717, 1.165) is 11.3 Å². The second-order valence-corrected chi connectivity index (χ2v) is 7.60. The quantitative estimate of drug-likeness (QED) is 0.549. The van der Waals surface area contributed by atoms with Gasteiger partial charge >= 0.3 is 5.97 Å². The number of esters is 1. The number of fused-ring (bicyclic) bond motifs is 1. The van der Waals surface area contributed by atoms with Gasteiger partial charge in [0.2, 0.25) is 5.82 Å². The van der Waals surface area contributed by atoms with Gasteiger partial charge in [-0.15, -0.1) is 11.8 Å². The predicted molar refractivity (Wildman–Crippen MR) is 110 cm³/mol. The fourth-order valence-electron chi connectivity index (χ4n) is 2.65. The molecule has 0 amide bonds. The van der Waals surface area contributed by atoms with E-state index in [2.05, 4.69) is 47.8 Å². The van der Waals surface area contributed by atoms with Gasteiger partial charge in [0.25, 0.3) is 0 Å². The summed E-state index contributed by atoms with van der Waals surface area (Å²) in [5.41, 5.74) is 2.82. The number of hydrogen-bond donors (Lipinski definition) is 0. The minimum atomic E-state index is -0.420. The Morgan fingerprint density at radius 1 is 1.22 bits per heavy atom. The third-order valence-electron chi connectivity index (χ3n) is 4.17. The maximum atomic E-state index is 11.6. The van der Waals surface area contributed by atoms with Crippen LogP contribution >= 0.6 is 11.8 Å². The summed E-state index contributed by atoms with van der Waals surface area (Å²) in [4.78, 5) is 21.2. The maximum absolute atomic E-state index is 11.6. The molecule has 3 rings (SSSR count). The van der Waals surface area contributed by atoms with Crippen LogP contribution in [0.25, 0.3) is 0 Å². The Morgan fingerprint density at radius 2 is 1.93 bits per heavy atom. The maximum Gasteiger partial charge on any atom is 0.341 e. The van der Waals surface area contributed by atoms with Crippen LogP contribution in [0.1, 0.15) is 68.3 Å². The van der Waals surface area contributed by atoms with Crippen LogP contribution in [0.15, 0.2) is 35.5 Å². The molecule has 0 N–H and O–H groups in total. The van der Waals surface area contributed by atoms with E-state index in [1.54, 1.807) is 6.92 Å². The summed E-state index contributed by atoms with van der Waals surface area (Å²) in [6.07, 6.45) is 4.06. The average molecular weight is 383 g/mol. The van der Waals surface area contributed by atoms with Crippen LogP contribution in [0.4, 0.5) is 0 Å². The highest BCUT2D eigenvalue weighted by molar-refractivity contribution is 7.99. The van der Waals surface area contributed by atoms with E-state index in [-0.39, 0.29) is 5.41 Å². The van der Waals surface area contributed by atoms with Crippen LogP contribution in [-0.4, -0.2) is 28.3 Å². The topological polar surface area (TPSA) is 52.1 Å². The van der Waals surface area contributed by atoms with Crippen molar-refractivity contribution in [2.45, 2.75) is 51.3 Å². The first-order chi connectivity index (χ1) is 13.0. The molecule has 0 bridgehead atoms. The van der Waals surface area contributed by atoms with Crippen LogP contribution in [-0.2, 0) is 10.2 Å². The zero-order valence-electron chi connectivity index (χ0n) is 16.6. The molecule has 4 nitrogen and oxygen atoms in total. The number of thioether (sulfide) groups is 1. The summed E-state index contributed by atoms with van der Waals surface area (Å²) in [5.74, 6) is 7.21. The summed E-state index contributed by atoms with van der Waals surface area (Å²) in [6, 6.07) is 6.35. The molecule has 0 fully saturated rings. The van der Waals surface area contributed by atoms with Gasteiger partial charge in [-0.05, 0) is 54.2 Å². The van der Waals surface area contributed by atoms with Gasteiger partial charge < -0.3 is 4.74 Å². The normalized spacial score (nSPS) is 14.0. The first kappa shape index (κ1) is 21.0. The zero-order valence-corrected chi connectivity index (χ0v) is 17.4. The standard InChI is InChI=1S/C20H20N2O2S.C2H6/c1-4-24-19(23)15-12-21-18(22-13-15)8-6-14-5-7-17-16(11-14)20(2,3)9-10-25-17;1-2/h5,7,11-13H,4,9-10H2,1-3H3;1-2H3. The number of aromatic nitrogens is 2. The Morgan fingerprint density at radius 3 is 2.59 bits per heavy atom. The van der Waals surface area contributed by atoms with E-state index < -0.39 is 5.97 Å². The summed E-state index contributed by atoms with van der Waals surface area (Å²) in [7, 11) is 0. The molecule has 0 saturated heterocycles. The van der Waals surface area contributed by atoms with Crippen molar-refractivity contribution < 1.29 is 9.53 Å². The Hall–Kier alpha value is -2.32. The Balaban J connectivity index is 0.00000126. The van der Waals surface area contributed by atoms with Gasteiger partial charge in [0.05, 0.1) is 12.2 Å². The Bertz CT molecular complexity index is 849. The summed E-state index contributed by atoms with van der Waals surface area (Å²) in [5, 5.41) is 0. The lowest BCUT2D eigenvalue weighted by atomic mass is 9.81. The SMILES string of the molecule is CC.CCOC(=O)c1cnc(C#Cc2ccc3c(c2)C(C)(C)CCS3)nc1. The van der Waals surface area contributed by atoms with Gasteiger partial charge in [-0.1, -0.05) is 33.6 Å². The summed E-state index contributed by atoms with van der Waals surface area (Å²) in [6.45, 7) is 10.6. The molecule has 0 radical (unpaired) electrons. The van der Waals surface area contributed by atoms with E-state index >= 15 is 0 Å². The molecular formula is C22H26N2O2S. The van der Waals surface area contributed by atoms with Crippen molar-refractivity contribution in [3.05, 3.63) is 53.1 Å². The number of nitrogens with zero attached hydrogens (tertiary/aromatic N) is 2. The second kappa shape index (κ2) is 9.57. The van der Waals surface area contributed by atoms with Crippen molar-refractivity contribution in [2.75, 3.05) is 12.4 Å². The number of hydrogen-bond acceptors (Lipinski definition) is 5. The van der Waals surface area contributed by atoms with E-state index in [9.17, 15) is 4.79 Å². The Kier molecular flexibility index (Phi) is 7.44. The van der Waals surface area contributed by atoms with Crippen molar-refractivity contribution in [1.82, 2.24) is 9.97 Å². The van der Waals surface area contributed by atoms with E-state index in [4.69, 9.17) is 4.74 Å². The summed E-state index contributed by atoms with van der Waals surface area (Å²) < 4.78 is 4.91. The highest BCUT2D eigenvalue weighted by atomic mass is 32.2. The molecule has 1 aromatic carbocycles. The second-order valence-electron chi connectivity index (χ2n) is 6.46. The van der Waals surface area contributed by atoms with Crippen molar-refractivity contribution in [2.24, 2.45) is 0 Å². The molecule has 5 heteroatoms.